The Morgan fingerprint density at radius 3 is 2.30 bits per heavy atom. The second-order valence-electron chi connectivity index (χ2n) is 4.88. The Morgan fingerprint density at radius 1 is 1.20 bits per heavy atom. The summed E-state index contributed by atoms with van der Waals surface area (Å²) in [6, 6.07) is 0. The number of carbonyl (C=O) groups is 1. The first-order chi connectivity index (χ1) is 9.38. The van der Waals surface area contributed by atoms with Crippen molar-refractivity contribution in [3.05, 3.63) is 5.21 Å². The highest BCUT2D eigenvalue weighted by Gasteiger charge is 2.35. The molecule has 0 heterocycles. The molecule has 4 nitrogen and oxygen atoms in total. The summed E-state index contributed by atoms with van der Waals surface area (Å²) in [4.78, 5) is 11.8. The topological polar surface area (TPSA) is 53.8 Å². The highest BCUT2D eigenvalue weighted by Crippen LogP contribution is 2.24. The third-order valence-electron chi connectivity index (χ3n) is 3.22. The minimum atomic E-state index is -4.57. The molecule has 1 aliphatic rings. The Morgan fingerprint density at radius 2 is 1.75 bits per heavy atom. The Labute approximate surface area is 120 Å². The van der Waals surface area contributed by atoms with Crippen molar-refractivity contribution >= 4 is 17.9 Å². The van der Waals surface area contributed by atoms with Crippen molar-refractivity contribution in [2.75, 3.05) is 13.2 Å². The maximum atomic E-state index is 11.9. The van der Waals surface area contributed by atoms with Crippen LogP contribution in [0.15, 0.2) is 0 Å². The molecule has 0 aliphatic heterocycles. The lowest BCUT2D eigenvalue weighted by Crippen LogP contribution is -3.01. The lowest BCUT2D eigenvalue weighted by atomic mass is 9.91. The van der Waals surface area contributed by atoms with E-state index in [0.717, 1.165) is 38.5 Å². The number of alkyl halides is 3. The maximum Gasteiger partial charge on any atom is 0.496 e. The van der Waals surface area contributed by atoms with Crippen LogP contribution in [0.3, 0.4) is 0 Å². The van der Waals surface area contributed by atoms with Gasteiger partial charge in [0.05, 0.1) is 5.92 Å². The molecule has 1 atom stereocenters. The van der Waals surface area contributed by atoms with E-state index in [1.165, 1.54) is 6.42 Å². The van der Waals surface area contributed by atoms with Gasteiger partial charge in [0.25, 0.3) is 0 Å². The Balaban J connectivity index is 2.21. The summed E-state index contributed by atoms with van der Waals surface area (Å²) in [7, 11) is 0. The molecular weight excluding hydrogens is 295 g/mol. The van der Waals surface area contributed by atoms with Crippen LogP contribution in [0.2, 0.25) is 0 Å². The quantitative estimate of drug-likeness (QED) is 0.481. The molecule has 0 bridgehead atoms. The first kappa shape index (κ1) is 17.6. The number of hydroxylamine groups is 1. The summed E-state index contributed by atoms with van der Waals surface area (Å²) in [5, 5.41) is 11.0. The molecule has 0 amide bonds. The van der Waals surface area contributed by atoms with Crippen LogP contribution in [0.5, 0.6) is 0 Å². The van der Waals surface area contributed by atoms with Gasteiger partial charge in [0.15, 0.2) is 11.9 Å². The van der Waals surface area contributed by atoms with E-state index in [1.807, 2.05) is 0 Å². The smallest absolute Gasteiger partial charge is 0.496 e. The Kier molecular flexibility index (Phi) is 7.68. The minimum absolute atomic E-state index is 0.166. The highest BCUT2D eigenvalue weighted by atomic mass is 32.2. The fourth-order valence-corrected chi connectivity index (χ4v) is 2.67. The number of carbonyl (C=O) groups excluding carboxylic acids is 1. The fourth-order valence-electron chi connectivity index (χ4n) is 2.22. The molecule has 0 aromatic heterocycles. The zero-order valence-corrected chi connectivity index (χ0v) is 12.0. The molecule has 1 saturated carbocycles. The van der Waals surface area contributed by atoms with Gasteiger partial charge in [-0.15, -0.1) is 0 Å². The number of rotatable bonds is 5. The van der Waals surface area contributed by atoms with Gasteiger partial charge >= 0.3 is 11.5 Å². The van der Waals surface area contributed by atoms with Crippen LogP contribution < -0.4 is 4.47 Å². The van der Waals surface area contributed by atoms with Crippen LogP contribution in [0.1, 0.15) is 44.9 Å². The van der Waals surface area contributed by atoms with Crippen molar-refractivity contribution in [1.29, 1.82) is 0 Å². The van der Waals surface area contributed by atoms with Crippen LogP contribution in [0.25, 0.3) is 0 Å². The van der Waals surface area contributed by atoms with Gasteiger partial charge in [-0.3, -0.25) is 9.26 Å². The number of hydrogen-bond acceptors (Lipinski definition) is 4. The van der Waals surface area contributed by atoms with Crippen molar-refractivity contribution in [3.8, 4) is 0 Å². The molecule has 1 N–H and O–H groups in total. The highest BCUT2D eigenvalue weighted by molar-refractivity contribution is 7.93. The van der Waals surface area contributed by atoms with E-state index in [9.17, 15) is 23.2 Å². The molecule has 1 rings (SSSR count). The summed E-state index contributed by atoms with van der Waals surface area (Å²) in [5.41, 5.74) is -4.57. The van der Waals surface area contributed by atoms with Gasteiger partial charge < -0.3 is 9.94 Å². The largest absolute Gasteiger partial charge is 0.621 e. The molecule has 8 heteroatoms. The summed E-state index contributed by atoms with van der Waals surface area (Å²) < 4.78 is 39.6. The molecule has 1 unspecified atom stereocenters. The Bertz CT molecular complexity index is 294. The first-order valence-corrected chi connectivity index (χ1v) is 7.65. The summed E-state index contributed by atoms with van der Waals surface area (Å²) in [6.07, 6.45) is 6.87. The van der Waals surface area contributed by atoms with E-state index in [0.29, 0.717) is 0 Å². The van der Waals surface area contributed by atoms with Crippen LogP contribution in [0, 0.1) is 11.1 Å². The van der Waals surface area contributed by atoms with E-state index < -0.39 is 28.5 Å². The second-order valence-corrected chi connectivity index (χ2v) is 6.00. The third-order valence-corrected chi connectivity index (χ3v) is 3.88. The average molecular weight is 315 g/mol. The molecule has 0 aromatic carbocycles. The molecule has 0 radical (unpaired) electrons. The minimum Gasteiger partial charge on any atom is -0.621 e. The molecule has 1 fully saturated rings. The van der Waals surface area contributed by atoms with E-state index in [4.69, 9.17) is 4.74 Å². The molecular formula is C12H20F3NO3S. The zero-order chi connectivity index (χ0) is 15.0. The molecule has 0 spiro atoms. The monoisotopic (exact) mass is 315 g/mol. The van der Waals surface area contributed by atoms with Gasteiger partial charge in [0.1, 0.15) is 13.2 Å². The van der Waals surface area contributed by atoms with Gasteiger partial charge in [-0.05, 0) is 12.8 Å². The van der Waals surface area contributed by atoms with Crippen LogP contribution in [0.4, 0.5) is 13.2 Å². The SMILES string of the molecule is O=C(OCC[NH+]([O-])SC(F)(F)F)C1CCCCCCC1. The van der Waals surface area contributed by atoms with Crippen molar-refractivity contribution < 1.29 is 27.2 Å². The van der Waals surface area contributed by atoms with Crippen molar-refractivity contribution in [3.63, 3.8) is 0 Å². The van der Waals surface area contributed by atoms with Crippen LogP contribution >= 0.6 is 11.9 Å². The average Bonchev–Trinajstić information content (AvgIpc) is 2.25. The van der Waals surface area contributed by atoms with Gasteiger partial charge in [0.2, 0.25) is 0 Å². The number of nitrogens with one attached hydrogen (secondary N) is 1. The third kappa shape index (κ3) is 7.96. The number of ether oxygens (including phenoxy) is 1. The van der Waals surface area contributed by atoms with Gasteiger partial charge in [-0.25, -0.2) is 0 Å². The first-order valence-electron chi connectivity index (χ1n) is 6.83. The van der Waals surface area contributed by atoms with Gasteiger partial charge in [-0.1, -0.05) is 32.1 Å². The molecule has 0 aromatic rings. The zero-order valence-electron chi connectivity index (χ0n) is 11.2. The summed E-state index contributed by atoms with van der Waals surface area (Å²) in [5.74, 6) is -0.544. The normalized spacial score (nSPS) is 20.0. The van der Waals surface area contributed by atoms with Crippen LogP contribution in [-0.2, 0) is 9.53 Å². The van der Waals surface area contributed by atoms with Crippen LogP contribution in [-0.4, -0.2) is 24.6 Å². The number of halogens is 3. The number of hydrogen-bond donors (Lipinski definition) is 1. The molecule has 1 aliphatic carbocycles. The Hall–Kier alpha value is -0.470. The second kappa shape index (κ2) is 8.74. The predicted molar refractivity (Wildman–Crippen MR) is 69.6 cm³/mol. The lowest BCUT2D eigenvalue weighted by Gasteiger charge is -2.21. The van der Waals surface area contributed by atoms with E-state index in [1.54, 1.807) is 0 Å². The summed E-state index contributed by atoms with van der Waals surface area (Å²) in [6.45, 7) is -0.667. The molecule has 20 heavy (non-hydrogen) atoms. The van der Waals surface area contributed by atoms with Gasteiger partial charge in [-0.2, -0.15) is 13.2 Å². The van der Waals surface area contributed by atoms with E-state index >= 15 is 0 Å². The summed E-state index contributed by atoms with van der Waals surface area (Å²) >= 11 is -0.680. The van der Waals surface area contributed by atoms with Crippen molar-refractivity contribution in [1.82, 2.24) is 0 Å². The van der Waals surface area contributed by atoms with Gasteiger partial charge in [0, 0.05) is 0 Å². The predicted octanol–water partition coefficient (Wildman–Crippen LogP) is 2.44. The number of esters is 1. The van der Waals surface area contributed by atoms with Crippen molar-refractivity contribution in [2.24, 2.45) is 5.92 Å². The van der Waals surface area contributed by atoms with E-state index in [2.05, 4.69) is 0 Å². The molecule has 118 valence electrons. The standard InChI is InChI=1S/C12H20F3NO3S/c13-12(14,15)20-16(18)8-9-19-11(17)10-6-4-2-1-3-5-7-10/h10,16H,1-9H2. The van der Waals surface area contributed by atoms with E-state index in [-0.39, 0.29) is 18.5 Å². The lowest BCUT2D eigenvalue weighted by molar-refractivity contribution is -0.698. The molecule has 0 saturated heterocycles. The number of quaternary nitrogens is 1. The van der Waals surface area contributed by atoms with Crippen molar-refractivity contribution in [2.45, 2.75) is 50.5 Å². The maximum absolute atomic E-state index is 11.9. The fraction of sp³-hybridized carbons (Fsp3) is 0.917.